The van der Waals surface area contributed by atoms with Gasteiger partial charge in [0.05, 0.1) is 18.9 Å². The number of carbonyl (C=O) groups is 1. The summed E-state index contributed by atoms with van der Waals surface area (Å²) in [5, 5.41) is 7.05. The molecule has 0 radical (unpaired) electrons. The molecule has 112 valence electrons. The van der Waals surface area contributed by atoms with Crippen LogP contribution in [0.1, 0.15) is 15.9 Å². The van der Waals surface area contributed by atoms with Crippen molar-refractivity contribution in [3.8, 4) is 11.3 Å². The summed E-state index contributed by atoms with van der Waals surface area (Å²) in [6.07, 6.45) is 6.76. The lowest BCUT2D eigenvalue weighted by molar-refractivity contribution is 0.0952. The molecule has 0 aliphatic rings. The lowest BCUT2D eigenvalue weighted by Gasteiger charge is -2.06. The molecule has 22 heavy (non-hydrogen) atoms. The number of aromatic nitrogens is 3. The van der Waals surface area contributed by atoms with Crippen molar-refractivity contribution in [1.82, 2.24) is 20.1 Å². The Labute approximate surface area is 127 Å². The number of aryl methyl sites for hydroxylation is 1. The molecule has 0 unspecified atom stereocenters. The van der Waals surface area contributed by atoms with Crippen LogP contribution >= 0.6 is 0 Å². The van der Waals surface area contributed by atoms with E-state index in [0.29, 0.717) is 24.4 Å². The van der Waals surface area contributed by atoms with Gasteiger partial charge < -0.3 is 9.73 Å². The van der Waals surface area contributed by atoms with Crippen molar-refractivity contribution < 1.29 is 9.21 Å². The minimum absolute atomic E-state index is 0.104. The highest BCUT2D eigenvalue weighted by molar-refractivity contribution is 5.94. The minimum atomic E-state index is -0.104. The Balaban J connectivity index is 1.56. The van der Waals surface area contributed by atoms with Crippen molar-refractivity contribution in [1.29, 1.82) is 0 Å². The van der Waals surface area contributed by atoms with Crippen molar-refractivity contribution in [3.63, 3.8) is 0 Å². The predicted molar refractivity (Wildman–Crippen MR) is 81.2 cm³/mol. The zero-order valence-corrected chi connectivity index (χ0v) is 12.2. The van der Waals surface area contributed by atoms with Gasteiger partial charge in [-0.15, -0.1) is 0 Å². The number of benzene rings is 1. The van der Waals surface area contributed by atoms with E-state index in [4.69, 9.17) is 4.42 Å². The predicted octanol–water partition coefficient (Wildman–Crippen LogP) is 2.28. The Morgan fingerprint density at radius 3 is 2.73 bits per heavy atom. The van der Waals surface area contributed by atoms with Gasteiger partial charge >= 0.3 is 0 Å². The number of amides is 1. The fraction of sp³-hybridized carbons (Fsp3) is 0.188. The molecule has 0 spiro atoms. The minimum Gasteiger partial charge on any atom is -0.444 e. The van der Waals surface area contributed by atoms with Crippen molar-refractivity contribution in [2.24, 2.45) is 0 Å². The average Bonchev–Trinajstić information content (AvgIpc) is 3.19. The van der Waals surface area contributed by atoms with Crippen LogP contribution < -0.4 is 5.32 Å². The van der Waals surface area contributed by atoms with Gasteiger partial charge in [-0.2, -0.15) is 5.10 Å². The van der Waals surface area contributed by atoms with E-state index in [1.165, 1.54) is 6.39 Å². The Kier molecular flexibility index (Phi) is 4.00. The van der Waals surface area contributed by atoms with E-state index < -0.39 is 0 Å². The smallest absolute Gasteiger partial charge is 0.251 e. The largest absolute Gasteiger partial charge is 0.444 e. The summed E-state index contributed by atoms with van der Waals surface area (Å²) in [5.41, 5.74) is 2.61. The lowest BCUT2D eigenvalue weighted by Crippen LogP contribution is -2.27. The quantitative estimate of drug-likeness (QED) is 0.784. The summed E-state index contributed by atoms with van der Waals surface area (Å²) in [6, 6.07) is 7.22. The normalized spacial score (nSPS) is 10.6. The molecule has 0 saturated heterocycles. The second-order valence-electron chi connectivity index (χ2n) is 4.98. The van der Waals surface area contributed by atoms with Crippen LogP contribution in [-0.4, -0.2) is 27.2 Å². The summed E-state index contributed by atoms with van der Waals surface area (Å²) in [6.45, 7) is 3.16. The highest BCUT2D eigenvalue weighted by Crippen LogP contribution is 2.18. The number of oxazole rings is 1. The number of hydrogen-bond donors (Lipinski definition) is 1. The third-order valence-electron chi connectivity index (χ3n) is 3.25. The zero-order chi connectivity index (χ0) is 15.4. The fourth-order valence-electron chi connectivity index (χ4n) is 2.12. The molecule has 3 aromatic rings. The Bertz CT molecular complexity index is 745. The summed E-state index contributed by atoms with van der Waals surface area (Å²) in [5.74, 6) is 0.578. The molecule has 6 nitrogen and oxygen atoms in total. The Morgan fingerprint density at radius 1 is 1.27 bits per heavy atom. The van der Waals surface area contributed by atoms with Crippen molar-refractivity contribution in [2.45, 2.75) is 13.5 Å². The average molecular weight is 296 g/mol. The molecule has 0 aliphatic carbocycles. The first-order valence-corrected chi connectivity index (χ1v) is 6.98. The molecular formula is C16H16N4O2. The maximum absolute atomic E-state index is 12.1. The highest BCUT2D eigenvalue weighted by Gasteiger charge is 2.07. The highest BCUT2D eigenvalue weighted by atomic mass is 16.3. The van der Waals surface area contributed by atoms with Crippen LogP contribution in [0.5, 0.6) is 0 Å². The van der Waals surface area contributed by atoms with Crippen LogP contribution in [0, 0.1) is 6.92 Å². The number of nitrogens with zero attached hydrogens (tertiary/aromatic N) is 3. The first-order chi connectivity index (χ1) is 10.7. The molecular weight excluding hydrogens is 280 g/mol. The molecule has 6 heteroatoms. The number of rotatable bonds is 5. The van der Waals surface area contributed by atoms with E-state index in [-0.39, 0.29) is 5.91 Å². The monoisotopic (exact) mass is 296 g/mol. The van der Waals surface area contributed by atoms with E-state index >= 15 is 0 Å². The molecule has 0 aliphatic heterocycles. The van der Waals surface area contributed by atoms with Crippen LogP contribution in [0.3, 0.4) is 0 Å². The number of nitrogens with one attached hydrogen (secondary N) is 1. The van der Waals surface area contributed by atoms with Crippen molar-refractivity contribution in [3.05, 3.63) is 60.4 Å². The summed E-state index contributed by atoms with van der Waals surface area (Å²) in [7, 11) is 0. The van der Waals surface area contributed by atoms with Crippen molar-refractivity contribution >= 4 is 5.91 Å². The molecule has 1 N–H and O–H groups in total. The van der Waals surface area contributed by atoms with Crippen LogP contribution in [0.15, 0.2) is 53.7 Å². The molecule has 0 saturated carbocycles. The van der Waals surface area contributed by atoms with Crippen LogP contribution in [0.4, 0.5) is 0 Å². The van der Waals surface area contributed by atoms with Gasteiger partial charge in [-0.25, -0.2) is 4.98 Å². The third kappa shape index (κ3) is 3.22. The SMILES string of the molecule is Cc1cnn(CCNC(=O)c2ccc(-c3cnco3)cc2)c1. The van der Waals surface area contributed by atoms with Crippen LogP contribution in [0.2, 0.25) is 0 Å². The zero-order valence-electron chi connectivity index (χ0n) is 12.2. The summed E-state index contributed by atoms with van der Waals surface area (Å²) < 4.78 is 7.02. The van der Waals surface area contributed by atoms with E-state index in [9.17, 15) is 4.79 Å². The topological polar surface area (TPSA) is 73.0 Å². The maximum Gasteiger partial charge on any atom is 0.251 e. The molecule has 1 aromatic carbocycles. The fourth-order valence-corrected chi connectivity index (χ4v) is 2.12. The molecule has 0 fully saturated rings. The lowest BCUT2D eigenvalue weighted by atomic mass is 10.1. The van der Waals surface area contributed by atoms with E-state index in [0.717, 1.165) is 11.1 Å². The van der Waals surface area contributed by atoms with Gasteiger partial charge in [-0.05, 0) is 24.6 Å². The van der Waals surface area contributed by atoms with Gasteiger partial charge in [-0.1, -0.05) is 12.1 Å². The molecule has 0 bridgehead atoms. The third-order valence-corrected chi connectivity index (χ3v) is 3.25. The second-order valence-corrected chi connectivity index (χ2v) is 4.98. The Hall–Kier alpha value is -2.89. The summed E-state index contributed by atoms with van der Waals surface area (Å²) >= 11 is 0. The van der Waals surface area contributed by atoms with Gasteiger partial charge in [0.1, 0.15) is 0 Å². The van der Waals surface area contributed by atoms with Crippen LogP contribution in [-0.2, 0) is 6.54 Å². The maximum atomic E-state index is 12.1. The van der Waals surface area contributed by atoms with Gasteiger partial charge in [0, 0.05) is 23.9 Å². The molecule has 1 amide bonds. The van der Waals surface area contributed by atoms with Gasteiger partial charge in [0.15, 0.2) is 12.2 Å². The molecule has 2 aromatic heterocycles. The van der Waals surface area contributed by atoms with E-state index in [1.807, 2.05) is 29.9 Å². The van der Waals surface area contributed by atoms with E-state index in [2.05, 4.69) is 15.4 Å². The molecule has 0 atom stereocenters. The number of carbonyl (C=O) groups excluding carboxylic acids is 1. The van der Waals surface area contributed by atoms with Gasteiger partial charge in [0.2, 0.25) is 0 Å². The van der Waals surface area contributed by atoms with Crippen LogP contribution in [0.25, 0.3) is 11.3 Å². The molecule has 3 rings (SSSR count). The standard InChI is InChI=1S/C16H16N4O2/c1-12-8-19-20(10-12)7-6-18-16(21)14-4-2-13(3-5-14)15-9-17-11-22-15/h2-5,8-11H,6-7H2,1H3,(H,18,21). The van der Waals surface area contributed by atoms with Gasteiger partial charge in [0.25, 0.3) is 5.91 Å². The Morgan fingerprint density at radius 2 is 2.09 bits per heavy atom. The summed E-state index contributed by atoms with van der Waals surface area (Å²) in [4.78, 5) is 15.9. The molecule has 2 heterocycles. The number of hydrogen-bond acceptors (Lipinski definition) is 4. The van der Waals surface area contributed by atoms with E-state index in [1.54, 1.807) is 24.5 Å². The second kappa shape index (κ2) is 6.26. The van der Waals surface area contributed by atoms with Gasteiger partial charge in [-0.3, -0.25) is 9.48 Å². The first kappa shape index (κ1) is 14.1. The first-order valence-electron chi connectivity index (χ1n) is 6.98. The van der Waals surface area contributed by atoms with Crippen molar-refractivity contribution in [2.75, 3.05) is 6.54 Å².